The Kier molecular flexibility index (Phi) is 5.55. The summed E-state index contributed by atoms with van der Waals surface area (Å²) in [6.07, 6.45) is 4.00. The molecule has 0 heterocycles. The van der Waals surface area contributed by atoms with Crippen LogP contribution in [0.3, 0.4) is 0 Å². The molecule has 2 aromatic carbocycles. The van der Waals surface area contributed by atoms with Gasteiger partial charge in [-0.25, -0.2) is 4.79 Å². The molecule has 0 amide bonds. The third-order valence-corrected chi connectivity index (χ3v) is 3.06. The van der Waals surface area contributed by atoms with Gasteiger partial charge in [0.1, 0.15) is 11.5 Å². The van der Waals surface area contributed by atoms with Crippen molar-refractivity contribution in [2.45, 2.75) is 12.8 Å². The summed E-state index contributed by atoms with van der Waals surface area (Å²) in [6, 6.07) is 14.6. The van der Waals surface area contributed by atoms with Crippen LogP contribution in [0, 0.1) is 0 Å². The Bertz CT molecular complexity index is 616. The van der Waals surface area contributed by atoms with E-state index >= 15 is 0 Å². The van der Waals surface area contributed by atoms with Crippen molar-refractivity contribution in [1.82, 2.24) is 0 Å². The van der Waals surface area contributed by atoms with Gasteiger partial charge in [0, 0.05) is 0 Å². The van der Waals surface area contributed by atoms with Gasteiger partial charge in [0.25, 0.3) is 0 Å². The Hall–Kier alpha value is -2.81. The molecule has 0 saturated heterocycles. The molecular weight excluding hydrogens is 276 g/mol. The Morgan fingerprint density at radius 3 is 1.64 bits per heavy atom. The molecule has 22 heavy (non-hydrogen) atoms. The van der Waals surface area contributed by atoms with E-state index in [1.807, 2.05) is 24.3 Å². The van der Waals surface area contributed by atoms with Gasteiger partial charge in [-0.3, -0.25) is 0 Å². The number of para-hydroxylation sites is 2. The Balaban J connectivity index is 2.11. The lowest BCUT2D eigenvalue weighted by atomic mass is 10.1. The van der Waals surface area contributed by atoms with Gasteiger partial charge < -0.3 is 9.47 Å². The van der Waals surface area contributed by atoms with Crippen LogP contribution in [0.1, 0.15) is 11.1 Å². The van der Waals surface area contributed by atoms with E-state index in [1.165, 1.54) is 0 Å². The van der Waals surface area contributed by atoms with E-state index in [2.05, 4.69) is 13.2 Å². The minimum atomic E-state index is -0.756. The third-order valence-electron chi connectivity index (χ3n) is 3.06. The van der Waals surface area contributed by atoms with Crippen molar-refractivity contribution >= 4 is 6.16 Å². The van der Waals surface area contributed by atoms with E-state index < -0.39 is 6.16 Å². The monoisotopic (exact) mass is 294 g/mol. The third kappa shape index (κ3) is 4.09. The molecular formula is C19H18O3. The summed E-state index contributed by atoms with van der Waals surface area (Å²) in [5.41, 5.74) is 1.77. The number of allylic oxidation sites excluding steroid dienone is 2. The first-order chi connectivity index (χ1) is 10.7. The van der Waals surface area contributed by atoms with Gasteiger partial charge in [-0.1, -0.05) is 48.6 Å². The van der Waals surface area contributed by atoms with Crippen LogP contribution >= 0.6 is 0 Å². The van der Waals surface area contributed by atoms with Crippen LogP contribution in [0.15, 0.2) is 73.8 Å². The molecule has 0 aliphatic heterocycles. The summed E-state index contributed by atoms with van der Waals surface area (Å²) in [7, 11) is 0. The molecule has 112 valence electrons. The maximum Gasteiger partial charge on any atom is 0.519 e. The van der Waals surface area contributed by atoms with Crippen molar-refractivity contribution in [1.29, 1.82) is 0 Å². The normalized spacial score (nSPS) is 9.82. The Morgan fingerprint density at radius 2 is 1.23 bits per heavy atom. The Morgan fingerprint density at radius 1 is 0.818 bits per heavy atom. The van der Waals surface area contributed by atoms with Crippen LogP contribution in [0.5, 0.6) is 11.5 Å². The lowest BCUT2D eigenvalue weighted by Gasteiger charge is -2.11. The summed E-state index contributed by atoms with van der Waals surface area (Å²) in [4.78, 5) is 12.0. The van der Waals surface area contributed by atoms with Crippen molar-refractivity contribution in [3.63, 3.8) is 0 Å². The molecule has 0 aliphatic rings. The predicted molar refractivity (Wildman–Crippen MR) is 87.3 cm³/mol. The van der Waals surface area contributed by atoms with Crippen LogP contribution < -0.4 is 9.47 Å². The van der Waals surface area contributed by atoms with Crippen LogP contribution in [-0.2, 0) is 12.8 Å². The van der Waals surface area contributed by atoms with Crippen LogP contribution in [0.25, 0.3) is 0 Å². The highest BCUT2D eigenvalue weighted by molar-refractivity contribution is 5.68. The summed E-state index contributed by atoms with van der Waals surface area (Å²) in [5, 5.41) is 0. The van der Waals surface area contributed by atoms with Crippen LogP contribution in [0.4, 0.5) is 4.79 Å². The summed E-state index contributed by atoms with van der Waals surface area (Å²) < 4.78 is 10.6. The fraction of sp³-hybridized carbons (Fsp3) is 0.105. The number of carbonyl (C=O) groups is 1. The lowest BCUT2D eigenvalue weighted by Crippen LogP contribution is -2.15. The molecule has 2 rings (SSSR count). The first-order valence-electron chi connectivity index (χ1n) is 7.02. The number of ether oxygens (including phenoxy) is 2. The highest BCUT2D eigenvalue weighted by Crippen LogP contribution is 2.22. The second-order valence-corrected chi connectivity index (χ2v) is 4.66. The second kappa shape index (κ2) is 7.84. The molecule has 3 heteroatoms. The average molecular weight is 294 g/mol. The average Bonchev–Trinajstić information content (AvgIpc) is 2.52. The zero-order valence-electron chi connectivity index (χ0n) is 12.3. The maximum atomic E-state index is 12.0. The largest absolute Gasteiger partial charge is 0.519 e. The molecule has 0 radical (unpaired) electrons. The van der Waals surface area contributed by atoms with Crippen molar-refractivity contribution in [2.24, 2.45) is 0 Å². The van der Waals surface area contributed by atoms with Gasteiger partial charge >= 0.3 is 6.16 Å². The van der Waals surface area contributed by atoms with Gasteiger partial charge in [0.15, 0.2) is 0 Å². The fourth-order valence-corrected chi connectivity index (χ4v) is 2.06. The van der Waals surface area contributed by atoms with Crippen molar-refractivity contribution in [3.8, 4) is 11.5 Å². The van der Waals surface area contributed by atoms with E-state index in [4.69, 9.17) is 9.47 Å². The fourth-order valence-electron chi connectivity index (χ4n) is 2.06. The molecule has 0 saturated carbocycles. The maximum absolute atomic E-state index is 12.0. The van der Waals surface area contributed by atoms with Gasteiger partial charge in [-0.05, 0) is 36.1 Å². The molecule has 0 bridgehead atoms. The van der Waals surface area contributed by atoms with Crippen LogP contribution in [-0.4, -0.2) is 6.16 Å². The zero-order chi connectivity index (χ0) is 15.8. The lowest BCUT2D eigenvalue weighted by molar-refractivity contribution is 0.151. The van der Waals surface area contributed by atoms with Gasteiger partial charge in [-0.15, -0.1) is 13.2 Å². The minimum Gasteiger partial charge on any atom is -0.394 e. The summed E-state index contributed by atoms with van der Waals surface area (Å²) in [6.45, 7) is 7.39. The standard InChI is InChI=1S/C19H18O3/c1-3-9-15-11-5-7-13-17(15)21-19(20)22-18-14-8-6-12-16(18)10-4-2/h3-8,11-14H,1-2,9-10H2. The molecule has 3 nitrogen and oxygen atoms in total. The molecule has 0 N–H and O–H groups in total. The molecule has 0 aliphatic carbocycles. The SMILES string of the molecule is C=CCc1ccccc1OC(=O)Oc1ccccc1CC=C. The van der Waals surface area contributed by atoms with E-state index in [9.17, 15) is 4.79 Å². The molecule has 0 aromatic heterocycles. The van der Waals surface area contributed by atoms with Crippen molar-refractivity contribution < 1.29 is 14.3 Å². The number of hydrogen-bond acceptors (Lipinski definition) is 3. The Labute approximate surface area is 130 Å². The summed E-state index contributed by atoms with van der Waals surface area (Å²) >= 11 is 0. The van der Waals surface area contributed by atoms with E-state index in [1.54, 1.807) is 36.4 Å². The van der Waals surface area contributed by atoms with E-state index in [0.717, 1.165) is 11.1 Å². The number of benzene rings is 2. The molecule has 0 atom stereocenters. The number of hydrogen-bond donors (Lipinski definition) is 0. The first kappa shape index (κ1) is 15.6. The van der Waals surface area contributed by atoms with Gasteiger partial charge in [0.05, 0.1) is 0 Å². The molecule has 2 aromatic rings. The summed E-state index contributed by atoms with van der Waals surface area (Å²) in [5.74, 6) is 0.960. The van der Waals surface area contributed by atoms with Crippen molar-refractivity contribution in [2.75, 3.05) is 0 Å². The van der Waals surface area contributed by atoms with E-state index in [0.29, 0.717) is 24.3 Å². The minimum absolute atomic E-state index is 0.480. The number of rotatable bonds is 6. The first-order valence-corrected chi connectivity index (χ1v) is 7.02. The molecule has 0 unspecified atom stereocenters. The highest BCUT2D eigenvalue weighted by Gasteiger charge is 2.12. The number of carbonyl (C=O) groups excluding carboxylic acids is 1. The van der Waals surface area contributed by atoms with Gasteiger partial charge in [0.2, 0.25) is 0 Å². The second-order valence-electron chi connectivity index (χ2n) is 4.66. The highest BCUT2D eigenvalue weighted by atomic mass is 16.7. The van der Waals surface area contributed by atoms with Crippen molar-refractivity contribution in [3.05, 3.63) is 85.0 Å². The quantitative estimate of drug-likeness (QED) is 0.439. The van der Waals surface area contributed by atoms with Gasteiger partial charge in [-0.2, -0.15) is 0 Å². The van der Waals surface area contributed by atoms with E-state index in [-0.39, 0.29) is 0 Å². The molecule has 0 spiro atoms. The predicted octanol–water partition coefficient (Wildman–Crippen LogP) is 4.72. The molecule has 0 fully saturated rings. The van der Waals surface area contributed by atoms with Crippen LogP contribution in [0.2, 0.25) is 0 Å². The smallest absolute Gasteiger partial charge is 0.394 e. The zero-order valence-corrected chi connectivity index (χ0v) is 12.3. The topological polar surface area (TPSA) is 35.5 Å².